The topological polar surface area (TPSA) is 59.6 Å². The van der Waals surface area contributed by atoms with Crippen molar-refractivity contribution in [2.24, 2.45) is 5.41 Å². The Morgan fingerprint density at radius 1 is 1.36 bits per heavy atom. The molecule has 1 fully saturated rings. The van der Waals surface area contributed by atoms with E-state index in [4.69, 9.17) is 9.47 Å². The highest BCUT2D eigenvalue weighted by Crippen LogP contribution is 2.29. The van der Waals surface area contributed by atoms with Gasteiger partial charge in [0.1, 0.15) is 12.4 Å². The van der Waals surface area contributed by atoms with E-state index in [1.165, 1.54) is 0 Å². The molecule has 8 heteroatoms. The third-order valence-electron chi connectivity index (χ3n) is 4.19. The van der Waals surface area contributed by atoms with Crippen molar-refractivity contribution < 1.29 is 23.0 Å². The molecule has 1 aliphatic rings. The second-order valence-electron chi connectivity index (χ2n) is 6.00. The fraction of sp³-hybridized carbons (Fsp3) is 0.588. The van der Waals surface area contributed by atoms with Crippen LogP contribution < -0.4 is 15.4 Å². The predicted octanol–water partition coefficient (Wildman–Crippen LogP) is 2.38. The molecule has 1 amide bonds. The Morgan fingerprint density at radius 2 is 2.08 bits per heavy atom. The summed E-state index contributed by atoms with van der Waals surface area (Å²) in [4.78, 5) is 12.6. The lowest BCUT2D eigenvalue weighted by Gasteiger charge is -2.35. The van der Waals surface area contributed by atoms with Crippen LogP contribution >= 0.6 is 12.4 Å². The fourth-order valence-corrected chi connectivity index (χ4v) is 2.89. The zero-order valence-electron chi connectivity index (χ0n) is 14.2. The van der Waals surface area contributed by atoms with E-state index in [-0.39, 0.29) is 18.3 Å². The highest BCUT2D eigenvalue weighted by molar-refractivity contribution is 5.85. The summed E-state index contributed by atoms with van der Waals surface area (Å²) in [5.41, 5.74) is 0.292. The molecule has 142 valence electrons. The van der Waals surface area contributed by atoms with E-state index in [0.717, 1.165) is 31.5 Å². The van der Waals surface area contributed by atoms with Crippen molar-refractivity contribution in [3.05, 3.63) is 29.8 Å². The average Bonchev–Trinajstić information content (AvgIpc) is 2.59. The first-order chi connectivity index (χ1) is 11.6. The van der Waals surface area contributed by atoms with Crippen LogP contribution in [0.2, 0.25) is 0 Å². The van der Waals surface area contributed by atoms with Gasteiger partial charge in [-0.25, -0.2) is 8.78 Å². The number of methoxy groups -OCH3 is 1. The number of halogens is 3. The van der Waals surface area contributed by atoms with E-state index < -0.39 is 18.4 Å². The lowest BCUT2D eigenvalue weighted by atomic mass is 9.78. The fourth-order valence-electron chi connectivity index (χ4n) is 2.89. The van der Waals surface area contributed by atoms with Crippen LogP contribution in [0.5, 0.6) is 5.75 Å². The van der Waals surface area contributed by atoms with Crippen molar-refractivity contribution in [1.29, 1.82) is 0 Å². The maximum Gasteiger partial charge on any atom is 0.272 e. The Balaban J connectivity index is 0.00000312. The Labute approximate surface area is 152 Å². The third kappa shape index (κ3) is 6.41. The summed E-state index contributed by atoms with van der Waals surface area (Å²) in [6.07, 6.45) is -1.06. The van der Waals surface area contributed by atoms with Gasteiger partial charge in [0, 0.05) is 13.7 Å². The Morgan fingerprint density at radius 3 is 2.72 bits per heavy atom. The molecule has 2 N–H and O–H groups in total. The van der Waals surface area contributed by atoms with Gasteiger partial charge in [-0.1, -0.05) is 12.1 Å². The molecule has 0 radical (unpaired) electrons. The maximum absolute atomic E-state index is 12.6. The van der Waals surface area contributed by atoms with E-state index in [9.17, 15) is 13.6 Å². The number of carbonyl (C=O) groups excluding carboxylic acids is 1. The van der Waals surface area contributed by atoms with Gasteiger partial charge < -0.3 is 20.1 Å². The van der Waals surface area contributed by atoms with E-state index in [1.807, 2.05) is 6.07 Å². The van der Waals surface area contributed by atoms with Gasteiger partial charge in [-0.3, -0.25) is 4.79 Å². The summed E-state index contributed by atoms with van der Waals surface area (Å²) >= 11 is 0. The van der Waals surface area contributed by atoms with Gasteiger partial charge >= 0.3 is 0 Å². The van der Waals surface area contributed by atoms with Crippen LogP contribution in [-0.2, 0) is 16.1 Å². The molecule has 1 aliphatic heterocycles. The molecule has 25 heavy (non-hydrogen) atoms. The minimum Gasteiger partial charge on any atom is -0.488 e. The molecule has 1 saturated heterocycles. The Hall–Kier alpha value is -1.44. The van der Waals surface area contributed by atoms with Crippen LogP contribution in [0.25, 0.3) is 0 Å². The molecule has 0 bridgehead atoms. The zero-order chi connectivity index (χ0) is 17.4. The zero-order valence-corrected chi connectivity index (χ0v) is 15.0. The second kappa shape index (κ2) is 10.5. The maximum atomic E-state index is 12.6. The van der Waals surface area contributed by atoms with Crippen molar-refractivity contribution in [3.8, 4) is 5.75 Å². The normalized spacial score (nSPS) is 16.2. The summed E-state index contributed by atoms with van der Waals surface area (Å²) in [6, 6.07) is 6.82. The number of rotatable bonds is 8. The molecule has 2 rings (SSSR count). The molecule has 0 atom stereocenters. The SMILES string of the molecule is COCC1(C(=O)NCc2cccc(OCC(F)F)c2)CCNCC1.Cl. The minimum atomic E-state index is -2.51. The quantitative estimate of drug-likeness (QED) is 0.729. The van der Waals surface area contributed by atoms with Gasteiger partial charge in [0.15, 0.2) is 0 Å². The number of alkyl halides is 2. The van der Waals surface area contributed by atoms with E-state index in [0.29, 0.717) is 18.9 Å². The summed E-state index contributed by atoms with van der Waals surface area (Å²) in [7, 11) is 1.60. The van der Waals surface area contributed by atoms with Crippen LogP contribution in [0.1, 0.15) is 18.4 Å². The first-order valence-electron chi connectivity index (χ1n) is 8.03. The standard InChI is InChI=1S/C17H24F2N2O3.ClH/c1-23-12-17(5-7-20-8-6-17)16(22)21-10-13-3-2-4-14(9-13)24-11-15(18)19;/h2-4,9,15,20H,5-8,10-12H2,1H3,(H,21,22);1H. The van der Waals surface area contributed by atoms with E-state index in [1.54, 1.807) is 25.3 Å². The molecule has 0 unspecified atom stereocenters. The Bertz CT molecular complexity index is 535. The van der Waals surface area contributed by atoms with Gasteiger partial charge in [-0.15, -0.1) is 12.4 Å². The van der Waals surface area contributed by atoms with Crippen LogP contribution in [0.4, 0.5) is 8.78 Å². The number of piperidine rings is 1. The number of carbonyl (C=O) groups is 1. The summed E-state index contributed by atoms with van der Waals surface area (Å²) < 4.78 is 34.6. The largest absolute Gasteiger partial charge is 0.488 e. The van der Waals surface area contributed by atoms with Crippen LogP contribution in [0, 0.1) is 5.41 Å². The summed E-state index contributed by atoms with van der Waals surface area (Å²) in [5.74, 6) is 0.334. The van der Waals surface area contributed by atoms with Crippen LogP contribution in [0.3, 0.4) is 0 Å². The van der Waals surface area contributed by atoms with Gasteiger partial charge in [0.2, 0.25) is 5.91 Å². The van der Waals surface area contributed by atoms with Crippen molar-refractivity contribution in [3.63, 3.8) is 0 Å². The summed E-state index contributed by atoms with van der Waals surface area (Å²) in [6.45, 7) is 1.64. The summed E-state index contributed by atoms with van der Waals surface area (Å²) in [5, 5.41) is 6.18. The third-order valence-corrected chi connectivity index (χ3v) is 4.19. The lowest BCUT2D eigenvalue weighted by Crippen LogP contribution is -2.49. The predicted molar refractivity (Wildman–Crippen MR) is 93.4 cm³/mol. The number of ether oxygens (including phenoxy) is 2. The molecule has 1 aromatic rings. The number of amides is 1. The monoisotopic (exact) mass is 378 g/mol. The molecular formula is C17H25ClF2N2O3. The molecule has 0 spiro atoms. The van der Waals surface area contributed by atoms with Gasteiger partial charge in [0.05, 0.1) is 12.0 Å². The smallest absolute Gasteiger partial charge is 0.272 e. The van der Waals surface area contributed by atoms with Gasteiger partial charge in [0.25, 0.3) is 6.43 Å². The molecule has 1 heterocycles. The van der Waals surface area contributed by atoms with Crippen LogP contribution in [-0.4, -0.2) is 45.7 Å². The van der Waals surface area contributed by atoms with Gasteiger partial charge in [-0.2, -0.15) is 0 Å². The highest BCUT2D eigenvalue weighted by Gasteiger charge is 2.39. The molecule has 1 aromatic carbocycles. The van der Waals surface area contributed by atoms with Crippen molar-refractivity contribution in [2.75, 3.05) is 33.4 Å². The molecular weight excluding hydrogens is 354 g/mol. The molecule has 0 aromatic heterocycles. The van der Waals surface area contributed by atoms with E-state index >= 15 is 0 Å². The molecule has 0 saturated carbocycles. The first-order valence-corrected chi connectivity index (χ1v) is 8.03. The minimum absolute atomic E-state index is 0. The Kier molecular flexibility index (Phi) is 9.10. The van der Waals surface area contributed by atoms with Crippen molar-refractivity contribution in [1.82, 2.24) is 10.6 Å². The van der Waals surface area contributed by atoms with E-state index in [2.05, 4.69) is 10.6 Å². The van der Waals surface area contributed by atoms with Crippen LogP contribution in [0.15, 0.2) is 24.3 Å². The highest BCUT2D eigenvalue weighted by atomic mass is 35.5. The number of hydrogen-bond acceptors (Lipinski definition) is 4. The number of benzene rings is 1. The number of hydrogen-bond donors (Lipinski definition) is 2. The first kappa shape index (κ1) is 21.6. The lowest BCUT2D eigenvalue weighted by molar-refractivity contribution is -0.136. The second-order valence-corrected chi connectivity index (χ2v) is 6.00. The molecule has 0 aliphatic carbocycles. The van der Waals surface area contributed by atoms with Crippen molar-refractivity contribution in [2.45, 2.75) is 25.8 Å². The van der Waals surface area contributed by atoms with Crippen molar-refractivity contribution >= 4 is 18.3 Å². The average molecular weight is 379 g/mol. The van der Waals surface area contributed by atoms with Gasteiger partial charge in [-0.05, 0) is 43.6 Å². The number of nitrogens with one attached hydrogen (secondary N) is 2. The molecule has 5 nitrogen and oxygen atoms in total.